The van der Waals surface area contributed by atoms with E-state index in [9.17, 15) is 13.2 Å². The largest absolute Gasteiger partial charge is 0.497 e. The highest BCUT2D eigenvalue weighted by Gasteiger charge is 2.19. The van der Waals surface area contributed by atoms with Crippen LogP contribution in [0.3, 0.4) is 0 Å². The smallest absolute Gasteiger partial charge is 0.261 e. The second-order valence-electron chi connectivity index (χ2n) is 7.16. The molecule has 3 rings (SSSR count). The van der Waals surface area contributed by atoms with Crippen molar-refractivity contribution in [3.05, 3.63) is 89.5 Å². The van der Waals surface area contributed by atoms with Gasteiger partial charge in [0.15, 0.2) is 0 Å². The predicted molar refractivity (Wildman–Crippen MR) is 122 cm³/mol. The number of carbonyl (C=O) groups is 1. The quantitative estimate of drug-likeness (QED) is 0.535. The van der Waals surface area contributed by atoms with Crippen molar-refractivity contribution in [3.63, 3.8) is 0 Å². The number of sulfonamides is 1. The molecule has 7 heteroatoms. The van der Waals surface area contributed by atoms with Crippen LogP contribution < -0.4 is 14.8 Å². The number of rotatable bonds is 8. The molecule has 0 spiro atoms. The van der Waals surface area contributed by atoms with E-state index in [1.165, 1.54) is 12.1 Å². The summed E-state index contributed by atoms with van der Waals surface area (Å²) in [5.74, 6) is 0.402. The molecule has 0 saturated heterocycles. The highest BCUT2D eigenvalue weighted by molar-refractivity contribution is 7.92. The van der Waals surface area contributed by atoms with Crippen LogP contribution in [0.2, 0.25) is 0 Å². The Morgan fingerprint density at radius 3 is 2.35 bits per heavy atom. The van der Waals surface area contributed by atoms with E-state index in [0.29, 0.717) is 12.1 Å². The summed E-state index contributed by atoms with van der Waals surface area (Å²) in [5, 5.41) is 2.98. The summed E-state index contributed by atoms with van der Waals surface area (Å²) in [7, 11) is -2.23. The lowest BCUT2D eigenvalue weighted by atomic mass is 10.0. The third-order valence-electron chi connectivity index (χ3n) is 5.03. The number of para-hydroxylation sites is 1. The van der Waals surface area contributed by atoms with Gasteiger partial charge in [-0.25, -0.2) is 8.42 Å². The lowest BCUT2D eigenvalue weighted by Crippen LogP contribution is -2.28. The van der Waals surface area contributed by atoms with Gasteiger partial charge in [-0.3, -0.25) is 9.52 Å². The molecule has 3 aromatic carbocycles. The highest BCUT2D eigenvalue weighted by atomic mass is 32.2. The third kappa shape index (κ3) is 5.44. The number of nitrogens with one attached hydrogen (secondary N) is 2. The summed E-state index contributed by atoms with van der Waals surface area (Å²) in [5.41, 5.74) is 2.54. The average Bonchev–Trinajstić information content (AvgIpc) is 2.79. The number of hydrogen-bond donors (Lipinski definition) is 2. The minimum atomic E-state index is -3.83. The van der Waals surface area contributed by atoms with Crippen LogP contribution in [0.25, 0.3) is 0 Å². The number of anilines is 1. The summed E-state index contributed by atoms with van der Waals surface area (Å²) in [4.78, 5) is 12.9. The fourth-order valence-electron chi connectivity index (χ4n) is 3.19. The van der Waals surface area contributed by atoms with Crippen LogP contribution in [0, 0.1) is 6.92 Å². The average molecular weight is 439 g/mol. The van der Waals surface area contributed by atoms with Crippen LogP contribution >= 0.6 is 0 Å². The summed E-state index contributed by atoms with van der Waals surface area (Å²) in [6.45, 7) is 3.80. The zero-order valence-electron chi connectivity index (χ0n) is 17.8. The molecule has 0 saturated carbocycles. The van der Waals surface area contributed by atoms with Crippen molar-refractivity contribution < 1.29 is 17.9 Å². The Balaban J connectivity index is 1.79. The first kappa shape index (κ1) is 22.4. The molecule has 0 fully saturated rings. The standard InChI is InChI=1S/C24H26N2O4S/c1-4-22(18-12-14-20(30-3)15-13-18)25-24(27)19-9-7-10-21(16-19)31(28,29)26-23-11-6-5-8-17(23)2/h5-16,22,26H,4H2,1-3H3,(H,25,27)/t22-/m1/s1. The molecule has 162 valence electrons. The Bertz CT molecular complexity index is 1160. The van der Waals surface area contributed by atoms with Gasteiger partial charge in [-0.2, -0.15) is 0 Å². The molecule has 6 nitrogen and oxygen atoms in total. The molecule has 0 aliphatic rings. The number of hydrogen-bond acceptors (Lipinski definition) is 4. The maximum Gasteiger partial charge on any atom is 0.261 e. The van der Waals surface area contributed by atoms with Gasteiger partial charge >= 0.3 is 0 Å². The molecule has 3 aromatic rings. The molecule has 2 N–H and O–H groups in total. The van der Waals surface area contributed by atoms with E-state index in [1.54, 1.807) is 31.4 Å². The van der Waals surface area contributed by atoms with Crippen molar-refractivity contribution >= 4 is 21.6 Å². The third-order valence-corrected chi connectivity index (χ3v) is 6.39. The van der Waals surface area contributed by atoms with Gasteiger partial charge in [0, 0.05) is 5.56 Å². The molecule has 31 heavy (non-hydrogen) atoms. The number of ether oxygens (including phenoxy) is 1. The molecular formula is C24H26N2O4S. The molecule has 0 aromatic heterocycles. The number of methoxy groups -OCH3 is 1. The maximum atomic E-state index is 12.9. The normalized spacial score (nSPS) is 12.1. The lowest BCUT2D eigenvalue weighted by Gasteiger charge is -2.18. The first-order valence-corrected chi connectivity index (χ1v) is 11.5. The molecule has 0 unspecified atom stereocenters. The summed E-state index contributed by atoms with van der Waals surface area (Å²) in [6.07, 6.45) is 0.685. The lowest BCUT2D eigenvalue weighted by molar-refractivity contribution is 0.0935. The van der Waals surface area contributed by atoms with E-state index in [-0.39, 0.29) is 22.4 Å². The molecule has 0 heterocycles. The Labute approximate surface area is 183 Å². The molecule has 0 aliphatic carbocycles. The first-order chi connectivity index (χ1) is 14.8. The minimum absolute atomic E-state index is 0.0286. The number of carbonyl (C=O) groups excluding carboxylic acids is 1. The van der Waals surface area contributed by atoms with Gasteiger partial charge < -0.3 is 10.1 Å². The predicted octanol–water partition coefficient (Wildman–Crippen LogP) is 4.69. The van der Waals surface area contributed by atoms with E-state index in [2.05, 4.69) is 10.0 Å². The van der Waals surface area contributed by atoms with E-state index in [0.717, 1.165) is 16.9 Å². The number of aryl methyl sites for hydroxylation is 1. The minimum Gasteiger partial charge on any atom is -0.497 e. The molecule has 1 atom stereocenters. The van der Waals surface area contributed by atoms with Crippen molar-refractivity contribution in [3.8, 4) is 5.75 Å². The zero-order chi connectivity index (χ0) is 22.4. The van der Waals surface area contributed by atoms with Gasteiger partial charge in [0.2, 0.25) is 0 Å². The Morgan fingerprint density at radius 1 is 1.00 bits per heavy atom. The van der Waals surface area contributed by atoms with E-state index < -0.39 is 10.0 Å². The molecular weight excluding hydrogens is 412 g/mol. The summed E-state index contributed by atoms with van der Waals surface area (Å²) in [6, 6.07) is 20.4. The Morgan fingerprint density at radius 2 is 1.71 bits per heavy atom. The Hall–Kier alpha value is -3.32. The van der Waals surface area contributed by atoms with E-state index in [1.807, 2.05) is 50.2 Å². The topological polar surface area (TPSA) is 84.5 Å². The summed E-state index contributed by atoms with van der Waals surface area (Å²) >= 11 is 0. The molecule has 0 bridgehead atoms. The van der Waals surface area contributed by atoms with Gasteiger partial charge in [0.25, 0.3) is 15.9 Å². The van der Waals surface area contributed by atoms with Crippen LogP contribution in [0.5, 0.6) is 5.75 Å². The first-order valence-electron chi connectivity index (χ1n) is 9.97. The number of benzene rings is 3. The molecule has 0 aliphatic heterocycles. The summed E-state index contributed by atoms with van der Waals surface area (Å²) < 4.78 is 33.4. The Kier molecular flexibility index (Phi) is 6.97. The van der Waals surface area contributed by atoms with Gasteiger partial charge in [-0.15, -0.1) is 0 Å². The number of amides is 1. The van der Waals surface area contributed by atoms with Crippen molar-refractivity contribution in [1.82, 2.24) is 5.32 Å². The fraction of sp³-hybridized carbons (Fsp3) is 0.208. The van der Waals surface area contributed by atoms with Crippen molar-refractivity contribution in [2.24, 2.45) is 0 Å². The highest BCUT2D eigenvalue weighted by Crippen LogP contribution is 2.22. The van der Waals surface area contributed by atoms with Crippen LogP contribution in [-0.4, -0.2) is 21.4 Å². The second kappa shape index (κ2) is 9.66. The second-order valence-corrected chi connectivity index (χ2v) is 8.84. The van der Waals surface area contributed by atoms with Gasteiger partial charge in [-0.05, 0) is 60.9 Å². The van der Waals surface area contributed by atoms with E-state index in [4.69, 9.17) is 4.74 Å². The van der Waals surface area contributed by atoms with Crippen LogP contribution in [0.1, 0.15) is 40.9 Å². The van der Waals surface area contributed by atoms with Crippen molar-refractivity contribution in [2.75, 3.05) is 11.8 Å². The van der Waals surface area contributed by atoms with Crippen molar-refractivity contribution in [1.29, 1.82) is 0 Å². The van der Waals surface area contributed by atoms with Gasteiger partial charge in [-0.1, -0.05) is 43.3 Å². The van der Waals surface area contributed by atoms with Crippen molar-refractivity contribution in [2.45, 2.75) is 31.2 Å². The van der Waals surface area contributed by atoms with Gasteiger partial charge in [0.05, 0.1) is 23.7 Å². The van der Waals surface area contributed by atoms with Crippen LogP contribution in [0.4, 0.5) is 5.69 Å². The van der Waals surface area contributed by atoms with Gasteiger partial charge in [0.1, 0.15) is 5.75 Å². The SMILES string of the molecule is CC[C@@H](NC(=O)c1cccc(S(=O)(=O)Nc2ccccc2C)c1)c1ccc(OC)cc1. The van der Waals surface area contributed by atoms with Crippen LogP contribution in [0.15, 0.2) is 77.7 Å². The van der Waals surface area contributed by atoms with Crippen LogP contribution in [-0.2, 0) is 10.0 Å². The monoisotopic (exact) mass is 438 g/mol. The molecule has 0 radical (unpaired) electrons. The zero-order valence-corrected chi connectivity index (χ0v) is 18.6. The maximum absolute atomic E-state index is 12.9. The molecule has 1 amide bonds. The fourth-order valence-corrected chi connectivity index (χ4v) is 4.37. The van der Waals surface area contributed by atoms with E-state index >= 15 is 0 Å².